The second-order valence-electron chi connectivity index (χ2n) is 3.29. The van der Waals surface area contributed by atoms with Gasteiger partial charge in [0.15, 0.2) is 0 Å². The van der Waals surface area contributed by atoms with Crippen LogP contribution in [0, 0.1) is 5.92 Å². The van der Waals surface area contributed by atoms with E-state index < -0.39 is 0 Å². The SMILES string of the molecule is CC1CCNC(CCO)C1. The lowest BCUT2D eigenvalue weighted by atomic mass is 9.93. The van der Waals surface area contributed by atoms with Crippen LogP contribution in [0.15, 0.2) is 0 Å². The number of aliphatic hydroxyl groups is 1. The third-order valence-electron chi connectivity index (χ3n) is 2.23. The number of nitrogens with one attached hydrogen (secondary N) is 1. The fraction of sp³-hybridized carbons (Fsp3) is 1.00. The maximum absolute atomic E-state index is 8.66. The number of hydrogen-bond acceptors (Lipinski definition) is 2. The van der Waals surface area contributed by atoms with Gasteiger partial charge >= 0.3 is 0 Å². The summed E-state index contributed by atoms with van der Waals surface area (Å²) in [6.45, 7) is 3.74. The lowest BCUT2D eigenvalue weighted by Crippen LogP contribution is -2.37. The molecule has 1 saturated heterocycles. The minimum atomic E-state index is 0.324. The summed E-state index contributed by atoms with van der Waals surface area (Å²) in [6.07, 6.45) is 3.45. The van der Waals surface area contributed by atoms with E-state index in [4.69, 9.17) is 5.11 Å². The van der Waals surface area contributed by atoms with Gasteiger partial charge in [-0.3, -0.25) is 0 Å². The van der Waals surface area contributed by atoms with Crippen LogP contribution in [-0.4, -0.2) is 24.3 Å². The summed E-state index contributed by atoms with van der Waals surface area (Å²) in [7, 11) is 0. The highest BCUT2D eigenvalue weighted by molar-refractivity contribution is 4.75. The number of hydrogen-bond donors (Lipinski definition) is 2. The number of rotatable bonds is 2. The van der Waals surface area contributed by atoms with Crippen molar-refractivity contribution in [2.24, 2.45) is 5.92 Å². The molecule has 0 bridgehead atoms. The van der Waals surface area contributed by atoms with Crippen molar-refractivity contribution < 1.29 is 5.11 Å². The fourth-order valence-corrected chi connectivity index (χ4v) is 1.60. The molecule has 0 spiro atoms. The van der Waals surface area contributed by atoms with Crippen LogP contribution in [0.4, 0.5) is 0 Å². The molecule has 2 atom stereocenters. The van der Waals surface area contributed by atoms with Gasteiger partial charge in [-0.05, 0) is 31.7 Å². The Balaban J connectivity index is 2.18. The van der Waals surface area contributed by atoms with Crippen LogP contribution in [-0.2, 0) is 0 Å². The summed E-state index contributed by atoms with van der Waals surface area (Å²) >= 11 is 0. The van der Waals surface area contributed by atoms with Gasteiger partial charge in [-0.2, -0.15) is 0 Å². The zero-order valence-electron chi connectivity index (χ0n) is 6.64. The van der Waals surface area contributed by atoms with Gasteiger partial charge in [-0.15, -0.1) is 0 Å². The Labute approximate surface area is 62.6 Å². The first-order valence-electron chi connectivity index (χ1n) is 4.17. The van der Waals surface area contributed by atoms with E-state index in [1.54, 1.807) is 0 Å². The molecule has 1 fully saturated rings. The number of aliphatic hydroxyl groups excluding tert-OH is 1. The molecule has 0 aliphatic carbocycles. The standard InChI is InChI=1S/C8H17NO/c1-7-2-4-9-8(6-7)3-5-10/h7-10H,2-6H2,1H3. The normalized spacial score (nSPS) is 34.2. The monoisotopic (exact) mass is 143 g/mol. The smallest absolute Gasteiger partial charge is 0.0445 e. The first-order chi connectivity index (χ1) is 4.83. The van der Waals surface area contributed by atoms with Gasteiger partial charge in [0.25, 0.3) is 0 Å². The summed E-state index contributed by atoms with van der Waals surface area (Å²) in [5.74, 6) is 0.845. The molecule has 0 aromatic heterocycles. The van der Waals surface area contributed by atoms with Crippen molar-refractivity contribution in [2.75, 3.05) is 13.2 Å². The minimum Gasteiger partial charge on any atom is -0.396 e. The summed E-state index contributed by atoms with van der Waals surface area (Å²) in [6, 6.07) is 0.578. The van der Waals surface area contributed by atoms with E-state index in [-0.39, 0.29) is 0 Å². The first kappa shape index (κ1) is 8.02. The van der Waals surface area contributed by atoms with Crippen LogP contribution in [0.5, 0.6) is 0 Å². The Kier molecular flexibility index (Phi) is 3.16. The topological polar surface area (TPSA) is 32.3 Å². The Morgan fingerprint density at radius 2 is 2.40 bits per heavy atom. The van der Waals surface area contributed by atoms with E-state index in [0.717, 1.165) is 18.9 Å². The van der Waals surface area contributed by atoms with Crippen molar-refractivity contribution in [3.05, 3.63) is 0 Å². The van der Waals surface area contributed by atoms with Crippen molar-refractivity contribution >= 4 is 0 Å². The van der Waals surface area contributed by atoms with Crippen LogP contribution in [0.2, 0.25) is 0 Å². The molecule has 2 heteroatoms. The van der Waals surface area contributed by atoms with Crippen molar-refractivity contribution in [3.8, 4) is 0 Å². The van der Waals surface area contributed by atoms with Gasteiger partial charge in [0.2, 0.25) is 0 Å². The van der Waals surface area contributed by atoms with Crippen molar-refractivity contribution in [1.29, 1.82) is 0 Å². The molecule has 60 valence electrons. The van der Waals surface area contributed by atoms with Crippen LogP contribution in [0.3, 0.4) is 0 Å². The summed E-state index contributed by atoms with van der Waals surface area (Å²) in [4.78, 5) is 0. The molecular weight excluding hydrogens is 126 g/mol. The molecule has 0 aromatic carbocycles. The van der Waals surface area contributed by atoms with E-state index in [1.807, 2.05) is 0 Å². The predicted molar refractivity (Wildman–Crippen MR) is 41.9 cm³/mol. The molecule has 1 aliphatic heterocycles. The molecule has 0 amide bonds. The molecule has 0 saturated carbocycles. The summed E-state index contributed by atoms with van der Waals surface area (Å²) in [5.41, 5.74) is 0. The van der Waals surface area contributed by atoms with Gasteiger partial charge in [0.1, 0.15) is 0 Å². The molecule has 1 rings (SSSR count). The predicted octanol–water partition coefficient (Wildman–Crippen LogP) is 0.757. The highest BCUT2D eigenvalue weighted by Crippen LogP contribution is 2.16. The lowest BCUT2D eigenvalue weighted by molar-refractivity contribution is 0.231. The van der Waals surface area contributed by atoms with Crippen molar-refractivity contribution in [2.45, 2.75) is 32.2 Å². The van der Waals surface area contributed by atoms with Gasteiger partial charge in [0, 0.05) is 12.6 Å². The molecule has 2 N–H and O–H groups in total. The van der Waals surface area contributed by atoms with E-state index in [0.29, 0.717) is 12.6 Å². The molecule has 0 radical (unpaired) electrons. The molecule has 2 unspecified atom stereocenters. The van der Waals surface area contributed by atoms with Gasteiger partial charge in [-0.25, -0.2) is 0 Å². The average Bonchev–Trinajstić information content (AvgIpc) is 1.88. The molecule has 2 nitrogen and oxygen atoms in total. The third kappa shape index (κ3) is 2.27. The summed E-state index contributed by atoms with van der Waals surface area (Å²) in [5, 5.41) is 12.1. The van der Waals surface area contributed by atoms with Gasteiger partial charge < -0.3 is 10.4 Å². The van der Waals surface area contributed by atoms with Crippen LogP contribution in [0.1, 0.15) is 26.2 Å². The molecular formula is C8H17NO. The second kappa shape index (κ2) is 3.94. The van der Waals surface area contributed by atoms with Crippen LogP contribution >= 0.6 is 0 Å². The molecule has 0 aromatic rings. The van der Waals surface area contributed by atoms with Crippen molar-refractivity contribution in [3.63, 3.8) is 0 Å². The minimum absolute atomic E-state index is 0.324. The highest BCUT2D eigenvalue weighted by Gasteiger charge is 2.16. The average molecular weight is 143 g/mol. The molecule has 1 heterocycles. The second-order valence-corrected chi connectivity index (χ2v) is 3.29. The maximum atomic E-state index is 8.66. The lowest BCUT2D eigenvalue weighted by Gasteiger charge is -2.27. The Hall–Kier alpha value is -0.0800. The quantitative estimate of drug-likeness (QED) is 0.598. The van der Waals surface area contributed by atoms with Gasteiger partial charge in [-0.1, -0.05) is 6.92 Å². The van der Waals surface area contributed by atoms with Crippen LogP contribution in [0.25, 0.3) is 0 Å². The summed E-state index contributed by atoms with van der Waals surface area (Å²) < 4.78 is 0. The van der Waals surface area contributed by atoms with Crippen molar-refractivity contribution in [1.82, 2.24) is 5.32 Å². The van der Waals surface area contributed by atoms with Crippen LogP contribution < -0.4 is 5.32 Å². The molecule has 1 aliphatic rings. The van der Waals surface area contributed by atoms with E-state index in [2.05, 4.69) is 12.2 Å². The van der Waals surface area contributed by atoms with E-state index in [9.17, 15) is 0 Å². The Bertz CT molecular complexity index is 93.3. The first-order valence-corrected chi connectivity index (χ1v) is 4.17. The maximum Gasteiger partial charge on any atom is 0.0445 e. The largest absolute Gasteiger partial charge is 0.396 e. The Morgan fingerprint density at radius 1 is 1.60 bits per heavy atom. The van der Waals surface area contributed by atoms with Gasteiger partial charge in [0.05, 0.1) is 0 Å². The molecule has 10 heavy (non-hydrogen) atoms. The zero-order chi connectivity index (χ0) is 7.40. The Morgan fingerprint density at radius 3 is 3.00 bits per heavy atom. The number of piperidine rings is 1. The highest BCUT2D eigenvalue weighted by atomic mass is 16.3. The van der Waals surface area contributed by atoms with E-state index >= 15 is 0 Å². The fourth-order valence-electron chi connectivity index (χ4n) is 1.60. The third-order valence-corrected chi connectivity index (χ3v) is 2.23. The van der Waals surface area contributed by atoms with E-state index in [1.165, 1.54) is 12.8 Å². The zero-order valence-corrected chi connectivity index (χ0v) is 6.64.